The summed E-state index contributed by atoms with van der Waals surface area (Å²) in [6.45, 7) is 1.84. The first kappa shape index (κ1) is 18.3. The van der Waals surface area contributed by atoms with Crippen molar-refractivity contribution in [2.45, 2.75) is 12.8 Å². The van der Waals surface area contributed by atoms with Crippen LogP contribution in [0.4, 0.5) is 10.5 Å². The molecule has 0 saturated carbocycles. The van der Waals surface area contributed by atoms with Gasteiger partial charge in [-0.3, -0.25) is 0 Å². The summed E-state index contributed by atoms with van der Waals surface area (Å²) in [6.07, 6.45) is 3.58. The van der Waals surface area contributed by atoms with Crippen LogP contribution in [0.3, 0.4) is 0 Å². The molecule has 1 aromatic heterocycles. The number of urea groups is 1. The average molecular weight is 376 g/mol. The molecule has 1 atom stereocenters. The van der Waals surface area contributed by atoms with E-state index in [4.69, 9.17) is 21.1 Å². The third kappa shape index (κ3) is 4.58. The van der Waals surface area contributed by atoms with Crippen molar-refractivity contribution < 1.29 is 14.3 Å². The Bertz CT molecular complexity index is 756. The zero-order valence-corrected chi connectivity index (χ0v) is 15.4. The number of nitrogens with zero attached hydrogens (tertiary/aromatic N) is 2. The lowest BCUT2D eigenvalue weighted by Crippen LogP contribution is -2.43. The summed E-state index contributed by atoms with van der Waals surface area (Å²) in [7, 11) is 1.59. The Morgan fingerprint density at radius 1 is 1.35 bits per heavy atom. The van der Waals surface area contributed by atoms with Crippen LogP contribution < -0.4 is 14.8 Å². The van der Waals surface area contributed by atoms with Gasteiger partial charge in [0.1, 0.15) is 10.8 Å². The molecule has 0 radical (unpaired) electrons. The fourth-order valence-corrected chi connectivity index (χ4v) is 3.18. The van der Waals surface area contributed by atoms with Gasteiger partial charge in [0.05, 0.1) is 19.4 Å². The second-order valence-electron chi connectivity index (χ2n) is 6.19. The van der Waals surface area contributed by atoms with Gasteiger partial charge >= 0.3 is 6.03 Å². The topological polar surface area (TPSA) is 63.7 Å². The van der Waals surface area contributed by atoms with E-state index in [1.807, 2.05) is 29.2 Å². The second kappa shape index (κ2) is 8.76. The number of likely N-dealkylation sites (tertiary alicyclic amines) is 1. The van der Waals surface area contributed by atoms with Crippen LogP contribution in [-0.4, -0.2) is 42.7 Å². The van der Waals surface area contributed by atoms with Crippen LogP contribution in [0.2, 0.25) is 5.02 Å². The molecular formula is C19H22ClN3O3. The van der Waals surface area contributed by atoms with Crippen LogP contribution in [0.1, 0.15) is 12.8 Å². The molecular weight excluding hydrogens is 354 g/mol. The summed E-state index contributed by atoms with van der Waals surface area (Å²) in [5.74, 6) is 1.32. The SMILES string of the molecule is COc1ccccc1NC(=O)N1CCCC(COc2ncccc2Cl)C1. The molecule has 0 spiro atoms. The summed E-state index contributed by atoms with van der Waals surface area (Å²) in [5.41, 5.74) is 0.665. The molecule has 1 unspecified atom stereocenters. The molecule has 1 fully saturated rings. The van der Waals surface area contributed by atoms with Crippen LogP contribution in [0.25, 0.3) is 0 Å². The van der Waals surface area contributed by atoms with Crippen molar-refractivity contribution in [3.63, 3.8) is 0 Å². The number of hydrogen-bond donors (Lipinski definition) is 1. The van der Waals surface area contributed by atoms with Crippen LogP contribution in [0.15, 0.2) is 42.6 Å². The minimum Gasteiger partial charge on any atom is -0.495 e. The number of para-hydroxylation sites is 2. The van der Waals surface area contributed by atoms with Gasteiger partial charge in [-0.2, -0.15) is 0 Å². The summed E-state index contributed by atoms with van der Waals surface area (Å²) < 4.78 is 11.0. The van der Waals surface area contributed by atoms with Crippen molar-refractivity contribution in [2.24, 2.45) is 5.92 Å². The summed E-state index contributed by atoms with van der Waals surface area (Å²) in [6, 6.07) is 10.8. The quantitative estimate of drug-likeness (QED) is 0.855. The molecule has 1 N–H and O–H groups in total. The number of nitrogens with one attached hydrogen (secondary N) is 1. The number of benzene rings is 1. The zero-order valence-electron chi connectivity index (χ0n) is 14.7. The number of aromatic nitrogens is 1. The monoisotopic (exact) mass is 375 g/mol. The van der Waals surface area contributed by atoms with Gasteiger partial charge in [-0.1, -0.05) is 23.7 Å². The maximum Gasteiger partial charge on any atom is 0.321 e. The smallest absolute Gasteiger partial charge is 0.321 e. The molecule has 26 heavy (non-hydrogen) atoms. The Morgan fingerprint density at radius 3 is 3.00 bits per heavy atom. The highest BCUT2D eigenvalue weighted by Gasteiger charge is 2.25. The molecule has 2 heterocycles. The molecule has 1 aliphatic heterocycles. The van der Waals surface area contributed by atoms with Crippen molar-refractivity contribution in [3.05, 3.63) is 47.6 Å². The third-order valence-electron chi connectivity index (χ3n) is 4.34. The molecule has 1 saturated heterocycles. The fourth-order valence-electron chi connectivity index (χ4n) is 3.00. The van der Waals surface area contributed by atoms with Gasteiger partial charge in [0.15, 0.2) is 0 Å². The van der Waals surface area contributed by atoms with E-state index in [9.17, 15) is 4.79 Å². The van der Waals surface area contributed by atoms with E-state index >= 15 is 0 Å². The molecule has 2 amide bonds. The predicted molar refractivity (Wildman–Crippen MR) is 101 cm³/mol. The van der Waals surface area contributed by atoms with Gasteiger partial charge in [0.2, 0.25) is 5.88 Å². The number of carbonyl (C=O) groups is 1. The Labute approximate surface area is 158 Å². The van der Waals surface area contributed by atoms with E-state index in [2.05, 4.69) is 10.3 Å². The molecule has 7 heteroatoms. The first-order valence-electron chi connectivity index (χ1n) is 8.59. The van der Waals surface area contributed by atoms with Gasteiger partial charge in [0, 0.05) is 25.2 Å². The lowest BCUT2D eigenvalue weighted by Gasteiger charge is -2.32. The van der Waals surface area contributed by atoms with Crippen LogP contribution in [0, 0.1) is 5.92 Å². The molecule has 0 aliphatic carbocycles. The maximum absolute atomic E-state index is 12.6. The van der Waals surface area contributed by atoms with Gasteiger partial charge < -0.3 is 19.7 Å². The minimum absolute atomic E-state index is 0.130. The standard InChI is InChI=1S/C19H22ClN3O3/c1-25-17-9-3-2-8-16(17)22-19(24)23-11-5-6-14(12-23)13-26-18-15(20)7-4-10-21-18/h2-4,7-10,14H,5-6,11-13H2,1H3,(H,22,24). The van der Waals surface area contributed by atoms with Gasteiger partial charge in [0.25, 0.3) is 0 Å². The van der Waals surface area contributed by atoms with Crippen LogP contribution >= 0.6 is 11.6 Å². The number of halogens is 1. The van der Waals surface area contributed by atoms with Crippen molar-refractivity contribution >= 4 is 23.3 Å². The number of ether oxygens (including phenoxy) is 2. The van der Waals surface area contributed by atoms with Gasteiger partial charge in [-0.15, -0.1) is 0 Å². The van der Waals surface area contributed by atoms with E-state index in [0.29, 0.717) is 35.5 Å². The van der Waals surface area contributed by atoms with Crippen LogP contribution in [0.5, 0.6) is 11.6 Å². The van der Waals surface area contributed by atoms with E-state index in [1.165, 1.54) is 0 Å². The minimum atomic E-state index is -0.130. The second-order valence-corrected chi connectivity index (χ2v) is 6.59. The van der Waals surface area contributed by atoms with E-state index < -0.39 is 0 Å². The first-order valence-corrected chi connectivity index (χ1v) is 8.97. The number of piperidine rings is 1. The number of anilines is 1. The summed E-state index contributed by atoms with van der Waals surface area (Å²) >= 11 is 6.07. The summed E-state index contributed by atoms with van der Waals surface area (Å²) in [5, 5.41) is 3.42. The highest BCUT2D eigenvalue weighted by molar-refractivity contribution is 6.31. The lowest BCUT2D eigenvalue weighted by molar-refractivity contribution is 0.143. The Kier molecular flexibility index (Phi) is 6.17. The highest BCUT2D eigenvalue weighted by atomic mass is 35.5. The highest BCUT2D eigenvalue weighted by Crippen LogP contribution is 2.25. The predicted octanol–water partition coefficient (Wildman–Crippen LogP) is 4.07. The number of pyridine rings is 1. The fraction of sp³-hybridized carbons (Fsp3) is 0.368. The molecule has 138 valence electrons. The molecule has 1 aromatic carbocycles. The molecule has 3 rings (SSSR count). The Balaban J connectivity index is 1.56. The van der Waals surface area contributed by atoms with Crippen molar-refractivity contribution in [1.82, 2.24) is 9.88 Å². The molecule has 2 aromatic rings. The van der Waals surface area contributed by atoms with Crippen LogP contribution in [-0.2, 0) is 0 Å². The number of methoxy groups -OCH3 is 1. The van der Waals surface area contributed by atoms with E-state index in [0.717, 1.165) is 19.4 Å². The van der Waals surface area contributed by atoms with Crippen molar-refractivity contribution in [1.29, 1.82) is 0 Å². The molecule has 0 bridgehead atoms. The normalized spacial score (nSPS) is 16.8. The number of hydrogen-bond acceptors (Lipinski definition) is 4. The number of rotatable bonds is 5. The lowest BCUT2D eigenvalue weighted by atomic mass is 9.99. The Hall–Kier alpha value is -2.47. The molecule has 1 aliphatic rings. The van der Waals surface area contributed by atoms with Crippen molar-refractivity contribution in [3.8, 4) is 11.6 Å². The van der Waals surface area contributed by atoms with E-state index in [1.54, 1.807) is 25.4 Å². The first-order chi connectivity index (χ1) is 12.7. The Morgan fingerprint density at radius 2 is 2.19 bits per heavy atom. The summed E-state index contributed by atoms with van der Waals surface area (Å²) in [4.78, 5) is 18.5. The van der Waals surface area contributed by atoms with E-state index in [-0.39, 0.29) is 11.9 Å². The maximum atomic E-state index is 12.6. The molecule has 6 nitrogen and oxygen atoms in total. The van der Waals surface area contributed by atoms with Crippen molar-refractivity contribution in [2.75, 3.05) is 32.1 Å². The van der Waals surface area contributed by atoms with Gasteiger partial charge in [-0.25, -0.2) is 9.78 Å². The largest absolute Gasteiger partial charge is 0.495 e. The third-order valence-corrected chi connectivity index (χ3v) is 4.62. The number of amides is 2. The number of carbonyl (C=O) groups excluding carboxylic acids is 1. The zero-order chi connectivity index (χ0) is 18.4. The van der Waals surface area contributed by atoms with Gasteiger partial charge in [-0.05, 0) is 37.1 Å². The average Bonchev–Trinajstić information content (AvgIpc) is 2.68.